The summed E-state index contributed by atoms with van der Waals surface area (Å²) in [5.41, 5.74) is 6.38. The number of benzene rings is 1. The van der Waals surface area contributed by atoms with E-state index < -0.39 is 11.7 Å². The number of hydrogen-bond donors (Lipinski definition) is 3. The van der Waals surface area contributed by atoms with Crippen molar-refractivity contribution in [2.24, 2.45) is 16.1 Å². The third-order valence-corrected chi connectivity index (χ3v) is 3.91. The molecule has 0 aliphatic rings. The highest BCUT2D eigenvalue weighted by Crippen LogP contribution is 2.29. The Hall–Kier alpha value is -2.61. The molecule has 0 aliphatic carbocycles. The van der Waals surface area contributed by atoms with E-state index in [0.29, 0.717) is 24.6 Å². The number of nitrogens with one attached hydrogen (secondary N) is 2. The lowest BCUT2D eigenvalue weighted by atomic mass is 9.94. The Kier molecular flexibility index (Phi) is 6.79. The van der Waals surface area contributed by atoms with E-state index in [9.17, 15) is 13.2 Å². The molecular formula is C19H24F3N5. The summed E-state index contributed by atoms with van der Waals surface area (Å²) in [7, 11) is 0. The van der Waals surface area contributed by atoms with Crippen molar-refractivity contribution in [2.45, 2.75) is 26.6 Å². The van der Waals surface area contributed by atoms with Crippen LogP contribution in [0, 0.1) is 5.41 Å². The lowest BCUT2D eigenvalue weighted by Crippen LogP contribution is -2.41. The molecule has 0 fully saturated rings. The van der Waals surface area contributed by atoms with Gasteiger partial charge in [0.05, 0.1) is 24.0 Å². The maximum absolute atomic E-state index is 12.7. The molecule has 0 amide bonds. The molecule has 8 heteroatoms. The number of halogens is 3. The van der Waals surface area contributed by atoms with Gasteiger partial charge in [0.2, 0.25) is 0 Å². The van der Waals surface area contributed by atoms with Gasteiger partial charge in [-0.25, -0.2) is 4.99 Å². The fourth-order valence-corrected chi connectivity index (χ4v) is 2.08. The number of guanidine groups is 1. The molecule has 0 unspecified atom stereocenters. The third-order valence-electron chi connectivity index (χ3n) is 3.91. The molecule has 0 aliphatic heterocycles. The van der Waals surface area contributed by atoms with Crippen LogP contribution in [0.1, 0.15) is 25.0 Å². The van der Waals surface area contributed by atoms with Crippen LogP contribution in [-0.4, -0.2) is 24.0 Å². The normalized spacial score (nSPS) is 12.7. The van der Waals surface area contributed by atoms with Crippen LogP contribution in [0.3, 0.4) is 0 Å². The predicted octanol–water partition coefficient (Wildman–Crippen LogP) is 3.64. The van der Waals surface area contributed by atoms with Crippen molar-refractivity contribution >= 4 is 11.6 Å². The van der Waals surface area contributed by atoms with Crippen LogP contribution >= 0.6 is 0 Å². The molecule has 1 heterocycles. The highest BCUT2D eigenvalue weighted by molar-refractivity contribution is 5.93. The molecule has 5 nitrogen and oxygen atoms in total. The van der Waals surface area contributed by atoms with Gasteiger partial charge in [-0.1, -0.05) is 26.0 Å². The standard InChI is InChI=1S/C19H24F3N5/c1-18(2,12-23)13-26-17(27-16-4-3-9-24-11-16)25-10-14-5-7-15(8-6-14)19(20,21)22/h3-9,11H,10,12-13,23H2,1-2H3,(H2,25,26,27). The Morgan fingerprint density at radius 3 is 2.41 bits per heavy atom. The Balaban J connectivity index is 2.11. The highest BCUT2D eigenvalue weighted by Gasteiger charge is 2.29. The SMILES string of the molecule is CC(C)(CN)CNC(=NCc1ccc(C(F)(F)F)cc1)Nc1cccnc1. The van der Waals surface area contributed by atoms with Crippen LogP contribution in [0.4, 0.5) is 18.9 Å². The van der Waals surface area contributed by atoms with Gasteiger partial charge >= 0.3 is 6.18 Å². The van der Waals surface area contributed by atoms with Crippen molar-refractivity contribution in [3.63, 3.8) is 0 Å². The van der Waals surface area contributed by atoms with E-state index in [2.05, 4.69) is 20.6 Å². The van der Waals surface area contributed by atoms with E-state index in [-0.39, 0.29) is 12.0 Å². The first-order valence-corrected chi connectivity index (χ1v) is 8.51. The minimum Gasteiger partial charge on any atom is -0.356 e. The van der Waals surface area contributed by atoms with Crippen LogP contribution in [0.15, 0.2) is 53.8 Å². The average molecular weight is 379 g/mol. The van der Waals surface area contributed by atoms with Gasteiger partial charge in [0.15, 0.2) is 5.96 Å². The number of nitrogens with zero attached hydrogens (tertiary/aromatic N) is 2. The lowest BCUT2D eigenvalue weighted by molar-refractivity contribution is -0.137. The quantitative estimate of drug-likeness (QED) is 0.529. The van der Waals surface area contributed by atoms with Crippen molar-refractivity contribution in [3.05, 3.63) is 59.9 Å². The average Bonchev–Trinajstić information content (AvgIpc) is 2.64. The molecule has 1 aromatic carbocycles. The maximum atomic E-state index is 12.7. The summed E-state index contributed by atoms with van der Waals surface area (Å²) in [5.74, 6) is 0.504. The summed E-state index contributed by atoms with van der Waals surface area (Å²) >= 11 is 0. The van der Waals surface area contributed by atoms with E-state index in [1.807, 2.05) is 19.9 Å². The predicted molar refractivity (Wildman–Crippen MR) is 101 cm³/mol. The number of aromatic nitrogens is 1. The monoisotopic (exact) mass is 379 g/mol. The van der Waals surface area contributed by atoms with Gasteiger partial charge in [0.25, 0.3) is 0 Å². The fourth-order valence-electron chi connectivity index (χ4n) is 2.08. The third kappa shape index (κ3) is 6.90. The van der Waals surface area contributed by atoms with Gasteiger partial charge in [-0.15, -0.1) is 0 Å². The number of hydrogen-bond acceptors (Lipinski definition) is 3. The molecule has 2 aromatic rings. The zero-order valence-corrected chi connectivity index (χ0v) is 15.3. The summed E-state index contributed by atoms with van der Waals surface area (Å²) < 4.78 is 38.0. The molecule has 146 valence electrons. The maximum Gasteiger partial charge on any atom is 0.416 e. The molecule has 1 aromatic heterocycles. The lowest BCUT2D eigenvalue weighted by Gasteiger charge is -2.24. The van der Waals surface area contributed by atoms with E-state index in [0.717, 1.165) is 17.8 Å². The molecule has 0 bridgehead atoms. The van der Waals surface area contributed by atoms with Crippen LogP contribution in [0.5, 0.6) is 0 Å². The van der Waals surface area contributed by atoms with Crippen molar-refractivity contribution < 1.29 is 13.2 Å². The van der Waals surface area contributed by atoms with E-state index in [1.165, 1.54) is 12.1 Å². The Bertz CT molecular complexity index is 740. The Labute approximate surface area is 156 Å². The molecule has 0 atom stereocenters. The van der Waals surface area contributed by atoms with Crippen LogP contribution in [0.25, 0.3) is 0 Å². The van der Waals surface area contributed by atoms with Gasteiger partial charge in [0.1, 0.15) is 0 Å². The molecular weight excluding hydrogens is 355 g/mol. The summed E-state index contributed by atoms with van der Waals surface area (Å²) in [6, 6.07) is 8.61. The van der Waals surface area contributed by atoms with E-state index in [1.54, 1.807) is 18.5 Å². The summed E-state index contributed by atoms with van der Waals surface area (Å²) in [5, 5.41) is 6.35. The summed E-state index contributed by atoms with van der Waals surface area (Å²) in [4.78, 5) is 8.51. The molecule has 27 heavy (non-hydrogen) atoms. The zero-order valence-electron chi connectivity index (χ0n) is 15.3. The van der Waals surface area contributed by atoms with E-state index >= 15 is 0 Å². The van der Waals surface area contributed by atoms with Crippen molar-refractivity contribution in [1.29, 1.82) is 0 Å². The first-order valence-electron chi connectivity index (χ1n) is 8.51. The number of rotatable bonds is 6. The van der Waals surface area contributed by atoms with Gasteiger partial charge in [0, 0.05) is 12.7 Å². The summed E-state index contributed by atoms with van der Waals surface area (Å²) in [6.07, 6.45) is -1.03. The topological polar surface area (TPSA) is 75.3 Å². The number of nitrogens with two attached hydrogens (primary N) is 1. The highest BCUT2D eigenvalue weighted by atomic mass is 19.4. The summed E-state index contributed by atoms with van der Waals surface area (Å²) in [6.45, 7) is 5.37. The first kappa shape index (κ1) is 20.7. The van der Waals surface area contributed by atoms with Gasteiger partial charge < -0.3 is 16.4 Å². The fraction of sp³-hybridized carbons (Fsp3) is 0.368. The number of pyridine rings is 1. The van der Waals surface area contributed by atoms with E-state index in [4.69, 9.17) is 5.73 Å². The smallest absolute Gasteiger partial charge is 0.356 e. The molecule has 0 spiro atoms. The van der Waals surface area contributed by atoms with Crippen LogP contribution < -0.4 is 16.4 Å². The van der Waals surface area contributed by atoms with Crippen molar-refractivity contribution in [2.75, 3.05) is 18.4 Å². The second kappa shape index (κ2) is 8.85. The zero-order chi connectivity index (χ0) is 19.9. The molecule has 4 N–H and O–H groups in total. The van der Waals surface area contributed by atoms with Crippen molar-refractivity contribution in [1.82, 2.24) is 10.3 Å². The minimum atomic E-state index is -4.34. The second-order valence-corrected chi connectivity index (χ2v) is 6.95. The number of aliphatic imine (C=N–C) groups is 1. The van der Waals surface area contributed by atoms with Gasteiger partial charge in [-0.2, -0.15) is 13.2 Å². The second-order valence-electron chi connectivity index (χ2n) is 6.95. The largest absolute Gasteiger partial charge is 0.416 e. The Morgan fingerprint density at radius 2 is 1.85 bits per heavy atom. The number of alkyl halides is 3. The van der Waals surface area contributed by atoms with Gasteiger partial charge in [-0.05, 0) is 41.8 Å². The molecule has 0 radical (unpaired) electrons. The van der Waals surface area contributed by atoms with Gasteiger partial charge in [-0.3, -0.25) is 4.98 Å². The van der Waals surface area contributed by atoms with Crippen molar-refractivity contribution in [3.8, 4) is 0 Å². The minimum absolute atomic E-state index is 0.133. The molecule has 2 rings (SSSR count). The molecule has 0 saturated heterocycles. The first-order chi connectivity index (χ1) is 12.7. The van der Waals surface area contributed by atoms with Crippen LogP contribution in [-0.2, 0) is 12.7 Å². The molecule has 0 saturated carbocycles. The number of anilines is 1. The Morgan fingerprint density at radius 1 is 1.15 bits per heavy atom. The van der Waals surface area contributed by atoms with Crippen LogP contribution in [0.2, 0.25) is 0 Å².